The summed E-state index contributed by atoms with van der Waals surface area (Å²) in [6.45, 7) is 6.78. The van der Waals surface area contributed by atoms with Crippen LogP contribution in [-0.4, -0.2) is 49.2 Å². The highest BCUT2D eigenvalue weighted by molar-refractivity contribution is 5.43. The number of anilines is 1. The number of aromatic nitrogens is 1. The van der Waals surface area contributed by atoms with Crippen molar-refractivity contribution in [2.45, 2.75) is 45.3 Å². The third-order valence-corrected chi connectivity index (χ3v) is 4.22. The van der Waals surface area contributed by atoms with Gasteiger partial charge in [-0.25, -0.2) is 9.37 Å². The summed E-state index contributed by atoms with van der Waals surface area (Å²) in [5, 5.41) is 3.26. The van der Waals surface area contributed by atoms with Gasteiger partial charge in [0.1, 0.15) is 0 Å². The number of hydrogen-bond donors (Lipinski definition) is 1. The number of likely N-dealkylation sites (tertiary alicyclic amines) is 1. The van der Waals surface area contributed by atoms with E-state index in [0.717, 1.165) is 25.9 Å². The van der Waals surface area contributed by atoms with E-state index in [1.807, 2.05) is 11.9 Å². The molecule has 1 fully saturated rings. The molecule has 5 heteroatoms. The molecule has 1 saturated heterocycles. The smallest absolute Gasteiger partial charge is 0.170 e. The number of nitrogens with one attached hydrogen (secondary N) is 1. The first-order valence-electron chi connectivity index (χ1n) is 7.77. The largest absolute Gasteiger partial charge is 0.354 e. The standard InChI is InChI=1S/C16H27FN4/c1-12(2)19-11-13-5-8-18-16(15(13)17)21(4)14-6-9-20(3)10-7-14/h5,8,12,14,19H,6-7,9-11H2,1-4H3. The zero-order valence-corrected chi connectivity index (χ0v) is 13.6. The molecule has 21 heavy (non-hydrogen) atoms. The molecule has 118 valence electrons. The van der Waals surface area contributed by atoms with Gasteiger partial charge in [0, 0.05) is 37.4 Å². The first-order valence-corrected chi connectivity index (χ1v) is 7.77. The molecule has 1 aliphatic rings. The van der Waals surface area contributed by atoms with E-state index in [1.165, 1.54) is 0 Å². The predicted molar refractivity (Wildman–Crippen MR) is 85.1 cm³/mol. The topological polar surface area (TPSA) is 31.4 Å². The molecule has 0 unspecified atom stereocenters. The zero-order valence-electron chi connectivity index (χ0n) is 13.6. The lowest BCUT2D eigenvalue weighted by Crippen LogP contribution is -2.42. The second-order valence-electron chi connectivity index (χ2n) is 6.29. The number of nitrogens with zero attached hydrogens (tertiary/aromatic N) is 3. The highest BCUT2D eigenvalue weighted by Crippen LogP contribution is 2.24. The Kier molecular flexibility index (Phi) is 5.53. The molecular formula is C16H27FN4. The number of piperidine rings is 1. The van der Waals surface area contributed by atoms with Crippen molar-refractivity contribution < 1.29 is 4.39 Å². The van der Waals surface area contributed by atoms with Gasteiger partial charge in [-0.2, -0.15) is 0 Å². The van der Waals surface area contributed by atoms with Gasteiger partial charge in [-0.05, 0) is 39.0 Å². The second-order valence-corrected chi connectivity index (χ2v) is 6.29. The Morgan fingerprint density at radius 2 is 2.10 bits per heavy atom. The van der Waals surface area contributed by atoms with Crippen LogP contribution in [0, 0.1) is 5.82 Å². The maximum absolute atomic E-state index is 14.7. The van der Waals surface area contributed by atoms with Crippen LogP contribution in [0.3, 0.4) is 0 Å². The van der Waals surface area contributed by atoms with Gasteiger partial charge in [0.2, 0.25) is 0 Å². The van der Waals surface area contributed by atoms with E-state index in [2.05, 4.69) is 36.1 Å². The van der Waals surface area contributed by atoms with Crippen LogP contribution in [0.4, 0.5) is 10.2 Å². The number of hydrogen-bond acceptors (Lipinski definition) is 4. The molecule has 1 N–H and O–H groups in total. The highest BCUT2D eigenvalue weighted by Gasteiger charge is 2.24. The minimum Gasteiger partial charge on any atom is -0.354 e. The van der Waals surface area contributed by atoms with Gasteiger partial charge in [0.05, 0.1) is 0 Å². The second kappa shape index (κ2) is 7.18. The van der Waals surface area contributed by atoms with Crippen LogP contribution in [0.15, 0.2) is 12.3 Å². The third kappa shape index (κ3) is 4.14. The van der Waals surface area contributed by atoms with Crippen LogP contribution in [-0.2, 0) is 6.54 Å². The third-order valence-electron chi connectivity index (χ3n) is 4.22. The summed E-state index contributed by atoms with van der Waals surface area (Å²) in [4.78, 5) is 8.60. The van der Waals surface area contributed by atoms with Crippen molar-refractivity contribution in [1.29, 1.82) is 0 Å². The average Bonchev–Trinajstić information content (AvgIpc) is 2.46. The lowest BCUT2D eigenvalue weighted by atomic mass is 10.0. The summed E-state index contributed by atoms with van der Waals surface area (Å²) >= 11 is 0. The van der Waals surface area contributed by atoms with Crippen LogP contribution in [0.1, 0.15) is 32.3 Å². The lowest BCUT2D eigenvalue weighted by Gasteiger charge is -2.36. The minimum atomic E-state index is -0.188. The van der Waals surface area contributed by atoms with Gasteiger partial charge >= 0.3 is 0 Å². The van der Waals surface area contributed by atoms with Crippen LogP contribution in [0.25, 0.3) is 0 Å². The summed E-state index contributed by atoms with van der Waals surface area (Å²) < 4.78 is 14.7. The molecule has 4 nitrogen and oxygen atoms in total. The van der Waals surface area contributed by atoms with E-state index in [0.29, 0.717) is 30.0 Å². The van der Waals surface area contributed by atoms with Crippen molar-refractivity contribution in [3.05, 3.63) is 23.6 Å². The molecule has 1 aliphatic heterocycles. The van der Waals surface area contributed by atoms with Crippen LogP contribution in [0.5, 0.6) is 0 Å². The molecule has 0 amide bonds. The summed E-state index contributed by atoms with van der Waals surface area (Å²) in [5.74, 6) is 0.291. The Labute approximate surface area is 127 Å². The average molecular weight is 294 g/mol. The first-order chi connectivity index (χ1) is 9.99. The Hall–Kier alpha value is -1.20. The van der Waals surface area contributed by atoms with Crippen LogP contribution in [0.2, 0.25) is 0 Å². The molecule has 0 spiro atoms. The van der Waals surface area contributed by atoms with Crippen molar-refractivity contribution in [3.63, 3.8) is 0 Å². The van der Waals surface area contributed by atoms with Gasteiger partial charge < -0.3 is 15.1 Å². The number of pyridine rings is 1. The lowest BCUT2D eigenvalue weighted by molar-refractivity contribution is 0.252. The predicted octanol–water partition coefficient (Wildman–Crippen LogP) is 2.25. The van der Waals surface area contributed by atoms with Crippen molar-refractivity contribution >= 4 is 5.82 Å². The fourth-order valence-electron chi connectivity index (χ4n) is 2.72. The molecule has 2 heterocycles. The quantitative estimate of drug-likeness (QED) is 0.902. The molecule has 0 atom stereocenters. The molecule has 2 rings (SSSR count). The van der Waals surface area contributed by atoms with E-state index >= 15 is 0 Å². The highest BCUT2D eigenvalue weighted by atomic mass is 19.1. The van der Waals surface area contributed by atoms with E-state index in [1.54, 1.807) is 12.3 Å². The molecule has 0 saturated carbocycles. The summed E-state index contributed by atoms with van der Waals surface area (Å²) in [5.41, 5.74) is 0.688. The van der Waals surface area contributed by atoms with Crippen molar-refractivity contribution in [1.82, 2.24) is 15.2 Å². The van der Waals surface area contributed by atoms with E-state index in [4.69, 9.17) is 0 Å². The maximum Gasteiger partial charge on any atom is 0.170 e. The fraction of sp³-hybridized carbons (Fsp3) is 0.688. The van der Waals surface area contributed by atoms with Gasteiger partial charge in [-0.1, -0.05) is 13.8 Å². The fourth-order valence-corrected chi connectivity index (χ4v) is 2.72. The molecule has 0 bridgehead atoms. The SMILES string of the molecule is CC(C)NCc1ccnc(N(C)C2CCN(C)CC2)c1F. The van der Waals surface area contributed by atoms with Gasteiger partial charge in [-0.3, -0.25) is 0 Å². The van der Waals surface area contributed by atoms with E-state index in [-0.39, 0.29) is 5.82 Å². The Bertz CT molecular complexity index is 456. The Balaban J connectivity index is 2.10. The molecule has 0 aromatic carbocycles. The summed E-state index contributed by atoms with van der Waals surface area (Å²) in [6, 6.07) is 2.47. The van der Waals surface area contributed by atoms with Gasteiger partial charge in [0.25, 0.3) is 0 Å². The maximum atomic E-state index is 14.7. The van der Waals surface area contributed by atoms with E-state index in [9.17, 15) is 4.39 Å². The number of rotatable bonds is 5. The normalized spacial score (nSPS) is 17.4. The molecule has 0 radical (unpaired) electrons. The number of halogens is 1. The zero-order chi connectivity index (χ0) is 15.4. The van der Waals surface area contributed by atoms with Crippen molar-refractivity contribution in [2.75, 3.05) is 32.1 Å². The van der Waals surface area contributed by atoms with Gasteiger partial charge in [0.15, 0.2) is 11.6 Å². The minimum absolute atomic E-state index is 0.188. The van der Waals surface area contributed by atoms with Crippen LogP contribution >= 0.6 is 0 Å². The Morgan fingerprint density at radius 1 is 1.43 bits per heavy atom. The molecule has 1 aromatic heterocycles. The van der Waals surface area contributed by atoms with Gasteiger partial charge in [-0.15, -0.1) is 0 Å². The van der Waals surface area contributed by atoms with Crippen molar-refractivity contribution in [3.8, 4) is 0 Å². The molecular weight excluding hydrogens is 267 g/mol. The van der Waals surface area contributed by atoms with Crippen LogP contribution < -0.4 is 10.2 Å². The Morgan fingerprint density at radius 3 is 2.71 bits per heavy atom. The van der Waals surface area contributed by atoms with E-state index < -0.39 is 0 Å². The summed E-state index contributed by atoms with van der Waals surface area (Å²) in [7, 11) is 4.09. The first kappa shape index (κ1) is 16.2. The van der Waals surface area contributed by atoms with Crippen molar-refractivity contribution in [2.24, 2.45) is 0 Å². The molecule has 0 aliphatic carbocycles. The molecule has 1 aromatic rings. The summed E-state index contributed by atoms with van der Waals surface area (Å²) in [6.07, 6.45) is 3.83. The monoisotopic (exact) mass is 294 g/mol.